The molecule has 0 radical (unpaired) electrons. The minimum atomic E-state index is 0.128. The molecular formula is C10H9N3O. The maximum absolute atomic E-state index is 9.38. The number of nitrogens with one attached hydrogen (secondary N) is 1. The third-order valence-corrected chi connectivity index (χ3v) is 1.73. The standard InChI is InChI=1S/C10H9N3O/c14-9-5-2-1-4-8(9)12-13-10-6-3-7-11-10/h1-7,11,14H/b13-12+. The Hall–Kier alpha value is -2.10. The van der Waals surface area contributed by atoms with Crippen LogP contribution in [0.2, 0.25) is 0 Å². The van der Waals surface area contributed by atoms with Gasteiger partial charge in [-0.2, -0.15) is 0 Å². The normalized spacial score (nSPS) is 10.9. The van der Waals surface area contributed by atoms with Gasteiger partial charge in [0.25, 0.3) is 0 Å². The van der Waals surface area contributed by atoms with Gasteiger partial charge in [-0.3, -0.25) is 0 Å². The first-order valence-electron chi connectivity index (χ1n) is 4.19. The Bertz CT molecular complexity index is 434. The molecule has 0 aliphatic rings. The highest BCUT2D eigenvalue weighted by Gasteiger charge is 1.96. The Balaban J connectivity index is 2.23. The molecule has 0 aliphatic heterocycles. The number of hydrogen-bond acceptors (Lipinski definition) is 3. The lowest BCUT2D eigenvalue weighted by molar-refractivity contribution is 0.476. The van der Waals surface area contributed by atoms with Crippen LogP contribution in [0.25, 0.3) is 0 Å². The molecule has 70 valence electrons. The average Bonchev–Trinajstić information content (AvgIpc) is 2.69. The summed E-state index contributed by atoms with van der Waals surface area (Å²) < 4.78 is 0. The molecular weight excluding hydrogens is 178 g/mol. The van der Waals surface area contributed by atoms with Gasteiger partial charge < -0.3 is 10.1 Å². The zero-order chi connectivity index (χ0) is 9.80. The van der Waals surface area contributed by atoms with E-state index in [-0.39, 0.29) is 5.75 Å². The molecule has 1 aromatic carbocycles. The lowest BCUT2D eigenvalue weighted by Crippen LogP contribution is -1.65. The SMILES string of the molecule is Oc1ccccc1/N=N/c1ccc[nH]1. The second kappa shape index (κ2) is 3.74. The van der Waals surface area contributed by atoms with Crippen LogP contribution >= 0.6 is 0 Å². The molecule has 0 spiro atoms. The van der Waals surface area contributed by atoms with E-state index in [1.165, 1.54) is 0 Å². The van der Waals surface area contributed by atoms with Gasteiger partial charge in [-0.05, 0) is 24.3 Å². The fraction of sp³-hybridized carbons (Fsp3) is 0. The number of nitrogens with zero attached hydrogens (tertiary/aromatic N) is 2. The van der Waals surface area contributed by atoms with Crippen LogP contribution in [-0.2, 0) is 0 Å². The highest BCUT2D eigenvalue weighted by molar-refractivity contribution is 5.49. The summed E-state index contributed by atoms with van der Waals surface area (Å²) in [6.07, 6.45) is 1.76. The third kappa shape index (κ3) is 1.80. The molecule has 14 heavy (non-hydrogen) atoms. The van der Waals surface area contributed by atoms with E-state index in [0.717, 1.165) is 0 Å². The van der Waals surface area contributed by atoms with Gasteiger partial charge in [0.05, 0.1) is 0 Å². The van der Waals surface area contributed by atoms with Crippen molar-refractivity contribution in [2.45, 2.75) is 0 Å². The van der Waals surface area contributed by atoms with Gasteiger partial charge >= 0.3 is 0 Å². The van der Waals surface area contributed by atoms with E-state index in [4.69, 9.17) is 0 Å². The molecule has 2 rings (SSSR count). The second-order valence-electron chi connectivity index (χ2n) is 2.74. The lowest BCUT2D eigenvalue weighted by Gasteiger charge is -1.94. The van der Waals surface area contributed by atoms with Crippen LogP contribution in [0.5, 0.6) is 5.75 Å². The van der Waals surface area contributed by atoms with Crippen molar-refractivity contribution in [2.24, 2.45) is 10.2 Å². The number of phenols is 1. The first kappa shape index (κ1) is 8.50. The number of aromatic amines is 1. The Morgan fingerprint density at radius 3 is 2.57 bits per heavy atom. The number of phenolic OH excluding ortho intramolecular Hbond substituents is 1. The van der Waals surface area contributed by atoms with Gasteiger partial charge in [-0.15, -0.1) is 10.2 Å². The van der Waals surface area contributed by atoms with Crippen molar-refractivity contribution in [1.29, 1.82) is 0 Å². The van der Waals surface area contributed by atoms with E-state index >= 15 is 0 Å². The van der Waals surface area contributed by atoms with Crippen molar-refractivity contribution in [3.8, 4) is 5.75 Å². The van der Waals surface area contributed by atoms with Crippen LogP contribution in [0.4, 0.5) is 11.5 Å². The van der Waals surface area contributed by atoms with Gasteiger partial charge in [-0.25, -0.2) is 0 Å². The van der Waals surface area contributed by atoms with Crippen molar-refractivity contribution in [1.82, 2.24) is 4.98 Å². The number of para-hydroxylation sites is 1. The van der Waals surface area contributed by atoms with Crippen molar-refractivity contribution in [3.05, 3.63) is 42.6 Å². The average molecular weight is 187 g/mol. The smallest absolute Gasteiger partial charge is 0.152 e. The zero-order valence-corrected chi connectivity index (χ0v) is 7.38. The molecule has 0 aliphatic carbocycles. The molecule has 0 saturated heterocycles. The monoisotopic (exact) mass is 187 g/mol. The number of rotatable bonds is 2. The fourth-order valence-corrected chi connectivity index (χ4v) is 1.04. The number of aromatic nitrogens is 1. The number of aromatic hydroxyl groups is 1. The predicted octanol–water partition coefficient (Wildman–Crippen LogP) is 3.14. The summed E-state index contributed by atoms with van der Waals surface area (Å²) in [5.74, 6) is 0.788. The predicted molar refractivity (Wildman–Crippen MR) is 53.1 cm³/mol. The summed E-state index contributed by atoms with van der Waals surface area (Å²) in [6, 6.07) is 10.4. The maximum atomic E-state index is 9.38. The van der Waals surface area contributed by atoms with Crippen molar-refractivity contribution < 1.29 is 5.11 Å². The van der Waals surface area contributed by atoms with Crippen molar-refractivity contribution in [3.63, 3.8) is 0 Å². The van der Waals surface area contributed by atoms with Gasteiger partial charge in [0.15, 0.2) is 5.82 Å². The van der Waals surface area contributed by atoms with Crippen LogP contribution in [-0.4, -0.2) is 10.1 Å². The van der Waals surface area contributed by atoms with Gasteiger partial charge in [0, 0.05) is 6.20 Å². The molecule has 0 bridgehead atoms. The fourth-order valence-electron chi connectivity index (χ4n) is 1.04. The molecule has 0 saturated carbocycles. The van der Waals surface area contributed by atoms with E-state index in [1.807, 2.05) is 6.07 Å². The van der Waals surface area contributed by atoms with Crippen LogP contribution in [0.1, 0.15) is 0 Å². The quantitative estimate of drug-likeness (QED) is 0.697. The molecule has 1 aromatic heterocycles. The Morgan fingerprint density at radius 2 is 1.86 bits per heavy atom. The van der Waals surface area contributed by atoms with Crippen molar-refractivity contribution in [2.75, 3.05) is 0 Å². The number of benzene rings is 1. The highest BCUT2D eigenvalue weighted by atomic mass is 16.3. The molecule has 2 N–H and O–H groups in total. The van der Waals surface area contributed by atoms with Gasteiger partial charge in [-0.1, -0.05) is 12.1 Å². The summed E-state index contributed by atoms with van der Waals surface area (Å²) in [5, 5.41) is 17.2. The zero-order valence-electron chi connectivity index (χ0n) is 7.38. The Kier molecular flexibility index (Phi) is 2.27. The number of H-pyrrole nitrogens is 1. The Labute approximate surface area is 80.9 Å². The molecule has 4 heteroatoms. The highest BCUT2D eigenvalue weighted by Crippen LogP contribution is 2.26. The van der Waals surface area contributed by atoms with E-state index in [1.54, 1.807) is 36.5 Å². The van der Waals surface area contributed by atoms with E-state index in [9.17, 15) is 5.11 Å². The topological polar surface area (TPSA) is 60.7 Å². The number of hydrogen-bond donors (Lipinski definition) is 2. The maximum Gasteiger partial charge on any atom is 0.152 e. The van der Waals surface area contributed by atoms with Gasteiger partial charge in [0.2, 0.25) is 0 Å². The second-order valence-corrected chi connectivity index (χ2v) is 2.74. The molecule has 4 nitrogen and oxygen atoms in total. The summed E-state index contributed by atoms with van der Waals surface area (Å²) in [6.45, 7) is 0. The first-order valence-corrected chi connectivity index (χ1v) is 4.19. The van der Waals surface area contributed by atoms with Crippen LogP contribution in [0, 0.1) is 0 Å². The molecule has 2 aromatic rings. The molecule has 0 atom stereocenters. The van der Waals surface area contributed by atoms with Crippen molar-refractivity contribution >= 4 is 11.5 Å². The van der Waals surface area contributed by atoms with Crippen LogP contribution in [0.3, 0.4) is 0 Å². The van der Waals surface area contributed by atoms with E-state index in [0.29, 0.717) is 11.5 Å². The van der Waals surface area contributed by atoms with Crippen LogP contribution < -0.4 is 0 Å². The first-order chi connectivity index (χ1) is 6.86. The van der Waals surface area contributed by atoms with E-state index in [2.05, 4.69) is 15.2 Å². The largest absolute Gasteiger partial charge is 0.506 e. The Morgan fingerprint density at radius 1 is 1.00 bits per heavy atom. The van der Waals surface area contributed by atoms with Crippen LogP contribution in [0.15, 0.2) is 52.8 Å². The molecule has 0 fully saturated rings. The number of azo groups is 1. The molecule has 0 unspecified atom stereocenters. The summed E-state index contributed by atoms with van der Waals surface area (Å²) in [4.78, 5) is 2.88. The minimum absolute atomic E-state index is 0.128. The summed E-state index contributed by atoms with van der Waals surface area (Å²) in [5.41, 5.74) is 0.460. The minimum Gasteiger partial charge on any atom is -0.506 e. The van der Waals surface area contributed by atoms with Gasteiger partial charge in [0.1, 0.15) is 11.4 Å². The summed E-state index contributed by atoms with van der Waals surface area (Å²) >= 11 is 0. The lowest BCUT2D eigenvalue weighted by atomic mass is 10.3. The molecule has 0 amide bonds. The van der Waals surface area contributed by atoms with E-state index < -0.39 is 0 Å². The molecule has 1 heterocycles. The summed E-state index contributed by atoms with van der Waals surface area (Å²) in [7, 11) is 0. The third-order valence-electron chi connectivity index (χ3n) is 1.73.